The summed E-state index contributed by atoms with van der Waals surface area (Å²) < 4.78 is 38.6. The molecule has 1 aromatic heterocycles. The van der Waals surface area contributed by atoms with E-state index in [9.17, 15) is 27.8 Å². The summed E-state index contributed by atoms with van der Waals surface area (Å²) in [7, 11) is -2.33. The maximum atomic E-state index is 13.5. The summed E-state index contributed by atoms with van der Waals surface area (Å²) in [4.78, 5) is 19.6. The van der Waals surface area contributed by atoms with E-state index in [0.717, 1.165) is 10.6 Å². The van der Waals surface area contributed by atoms with Gasteiger partial charge in [0.2, 0.25) is 16.0 Å². The van der Waals surface area contributed by atoms with Gasteiger partial charge in [0.25, 0.3) is 0 Å². The number of aromatic nitrogens is 2. The zero-order valence-electron chi connectivity index (χ0n) is 18.8. The molecule has 33 heavy (non-hydrogen) atoms. The molecular weight excluding hydrogens is 453 g/mol. The predicted molar refractivity (Wildman–Crippen MR) is 123 cm³/mol. The molecule has 0 radical (unpaired) electrons. The molecule has 1 heterocycles. The van der Waals surface area contributed by atoms with E-state index in [1.807, 2.05) is 13.8 Å². The molecule has 1 aromatic carbocycles. The summed E-state index contributed by atoms with van der Waals surface area (Å²) in [5.74, 6) is -1.87. The first-order valence-electron chi connectivity index (χ1n) is 10.2. The Hall–Kier alpha value is -2.89. The van der Waals surface area contributed by atoms with Crippen LogP contribution in [0.3, 0.4) is 0 Å². The van der Waals surface area contributed by atoms with Crippen LogP contribution in [0, 0.1) is 5.82 Å². The highest BCUT2D eigenvalue weighted by Crippen LogP contribution is 2.31. The molecule has 0 spiro atoms. The molecule has 9 nitrogen and oxygen atoms in total. The molecule has 0 aliphatic carbocycles. The highest BCUT2D eigenvalue weighted by atomic mass is 32.2. The van der Waals surface area contributed by atoms with Crippen molar-refractivity contribution in [3.63, 3.8) is 0 Å². The molecule has 0 amide bonds. The summed E-state index contributed by atoms with van der Waals surface area (Å²) in [5.41, 5.74) is 1.80. The Morgan fingerprint density at radius 1 is 1.18 bits per heavy atom. The van der Waals surface area contributed by atoms with Gasteiger partial charge in [0.05, 0.1) is 36.3 Å². The lowest BCUT2D eigenvalue weighted by Crippen LogP contribution is -2.27. The maximum absolute atomic E-state index is 13.5. The van der Waals surface area contributed by atoms with Crippen molar-refractivity contribution in [3.8, 4) is 11.3 Å². The number of carbonyl (C=O) groups is 1. The Bertz CT molecular complexity index is 1120. The normalized spacial score (nSPS) is 13.9. The van der Waals surface area contributed by atoms with Gasteiger partial charge in [-0.2, -0.15) is 0 Å². The number of hydrogen-bond donors (Lipinski definition) is 3. The first-order chi connectivity index (χ1) is 15.3. The standard InChI is InChI=1S/C22H28FN3O6S/c1-13(2)20-18(10-9-16(27)11-17(28)12-19(29)30)21(14-5-7-15(23)8-6-14)25-22(24-20)26(3)33(4,31)32/h5-10,13,16-17,27-28H,11-12H2,1-4H3,(H,29,30)/t16-,17+/m0/s1. The van der Waals surface area contributed by atoms with Crippen LogP contribution in [-0.4, -0.2) is 65.2 Å². The number of hydrogen-bond acceptors (Lipinski definition) is 7. The van der Waals surface area contributed by atoms with Crippen LogP contribution in [0.25, 0.3) is 17.3 Å². The number of anilines is 1. The quantitative estimate of drug-likeness (QED) is 0.470. The molecule has 2 atom stereocenters. The number of nitrogens with zero attached hydrogens (tertiary/aromatic N) is 3. The van der Waals surface area contributed by atoms with Crippen LogP contribution >= 0.6 is 0 Å². The fourth-order valence-electron chi connectivity index (χ4n) is 3.05. The Kier molecular flexibility index (Phi) is 8.64. The molecule has 0 bridgehead atoms. The third kappa shape index (κ3) is 7.31. The zero-order valence-corrected chi connectivity index (χ0v) is 19.6. The second-order valence-corrected chi connectivity index (χ2v) is 9.99. The SMILES string of the molecule is CC(C)c1nc(N(C)S(C)(=O)=O)nc(-c2ccc(F)cc2)c1C=C[C@H](O)C[C@@H](O)CC(=O)O. The van der Waals surface area contributed by atoms with Gasteiger partial charge >= 0.3 is 5.97 Å². The van der Waals surface area contributed by atoms with E-state index >= 15 is 0 Å². The number of rotatable bonds is 10. The van der Waals surface area contributed by atoms with E-state index in [2.05, 4.69) is 9.97 Å². The van der Waals surface area contributed by atoms with Crippen LogP contribution in [0.5, 0.6) is 0 Å². The van der Waals surface area contributed by atoms with Gasteiger partial charge in [0.15, 0.2) is 0 Å². The third-order valence-electron chi connectivity index (χ3n) is 4.82. The molecule has 0 fully saturated rings. The lowest BCUT2D eigenvalue weighted by Gasteiger charge is -2.20. The van der Waals surface area contributed by atoms with Gasteiger partial charge in [-0.15, -0.1) is 0 Å². The minimum atomic E-state index is -3.65. The molecule has 0 aliphatic heterocycles. The summed E-state index contributed by atoms with van der Waals surface area (Å²) >= 11 is 0. The molecule has 2 rings (SSSR count). The summed E-state index contributed by atoms with van der Waals surface area (Å²) in [6, 6.07) is 5.49. The van der Waals surface area contributed by atoms with Crippen molar-refractivity contribution in [1.29, 1.82) is 0 Å². The molecule has 0 saturated carbocycles. The van der Waals surface area contributed by atoms with E-state index < -0.39 is 40.4 Å². The Balaban J connectivity index is 2.61. The average Bonchev–Trinajstić information content (AvgIpc) is 2.70. The number of sulfonamides is 1. The molecular formula is C22H28FN3O6S. The van der Waals surface area contributed by atoms with Gasteiger partial charge < -0.3 is 15.3 Å². The lowest BCUT2D eigenvalue weighted by atomic mass is 9.97. The summed E-state index contributed by atoms with van der Waals surface area (Å²) in [6.07, 6.45) is 0.860. The number of benzene rings is 1. The van der Waals surface area contributed by atoms with Crippen LogP contribution in [0.1, 0.15) is 43.9 Å². The number of carboxylic acids is 1. The van der Waals surface area contributed by atoms with E-state index in [1.54, 1.807) is 0 Å². The summed E-state index contributed by atoms with van der Waals surface area (Å²) in [5, 5.41) is 28.8. The second-order valence-electron chi connectivity index (χ2n) is 7.98. The van der Waals surface area contributed by atoms with E-state index in [4.69, 9.17) is 5.11 Å². The number of aliphatic hydroxyl groups excluding tert-OH is 2. The van der Waals surface area contributed by atoms with Crippen molar-refractivity contribution < 1.29 is 32.9 Å². The van der Waals surface area contributed by atoms with Gasteiger partial charge in [0, 0.05) is 24.6 Å². The minimum absolute atomic E-state index is 0.0601. The monoisotopic (exact) mass is 481 g/mol. The highest BCUT2D eigenvalue weighted by molar-refractivity contribution is 7.92. The van der Waals surface area contributed by atoms with Crippen molar-refractivity contribution in [1.82, 2.24) is 9.97 Å². The van der Waals surface area contributed by atoms with E-state index in [-0.39, 0.29) is 18.3 Å². The molecule has 0 aliphatic rings. The first kappa shape index (κ1) is 26.4. The zero-order chi connectivity index (χ0) is 24.9. The minimum Gasteiger partial charge on any atom is -0.481 e. The number of halogens is 1. The van der Waals surface area contributed by atoms with Crippen LogP contribution in [0.15, 0.2) is 30.3 Å². The van der Waals surface area contributed by atoms with E-state index in [0.29, 0.717) is 22.5 Å². The Morgan fingerprint density at radius 2 is 1.79 bits per heavy atom. The molecule has 3 N–H and O–H groups in total. The topological polar surface area (TPSA) is 141 Å². The van der Waals surface area contributed by atoms with Crippen molar-refractivity contribution >= 4 is 28.0 Å². The van der Waals surface area contributed by atoms with E-state index in [1.165, 1.54) is 43.5 Å². The van der Waals surface area contributed by atoms with Crippen molar-refractivity contribution in [3.05, 3.63) is 47.4 Å². The average molecular weight is 482 g/mol. The molecule has 2 aromatic rings. The smallest absolute Gasteiger partial charge is 0.305 e. The fourth-order valence-corrected chi connectivity index (χ4v) is 3.42. The number of carboxylic acid groups (broad SMARTS) is 1. The van der Waals surface area contributed by atoms with Gasteiger partial charge in [-0.05, 0) is 30.2 Å². The van der Waals surface area contributed by atoms with Crippen LogP contribution in [0.2, 0.25) is 0 Å². The van der Waals surface area contributed by atoms with Crippen LogP contribution in [-0.2, 0) is 14.8 Å². The number of aliphatic hydroxyl groups is 2. The van der Waals surface area contributed by atoms with Gasteiger partial charge in [-0.3, -0.25) is 4.79 Å². The maximum Gasteiger partial charge on any atom is 0.305 e. The second kappa shape index (κ2) is 10.8. The third-order valence-corrected chi connectivity index (χ3v) is 5.97. The molecule has 0 saturated heterocycles. The molecule has 180 valence electrons. The van der Waals surface area contributed by atoms with Crippen LogP contribution < -0.4 is 4.31 Å². The molecule has 0 unspecified atom stereocenters. The number of aliphatic carboxylic acids is 1. The largest absolute Gasteiger partial charge is 0.481 e. The van der Waals surface area contributed by atoms with Gasteiger partial charge in [-0.1, -0.05) is 26.0 Å². The van der Waals surface area contributed by atoms with Gasteiger partial charge in [0.1, 0.15) is 5.82 Å². The fraction of sp³-hybridized carbons (Fsp3) is 0.409. The van der Waals surface area contributed by atoms with Crippen molar-refractivity contribution in [2.24, 2.45) is 0 Å². The first-order valence-corrected chi connectivity index (χ1v) is 12.0. The predicted octanol–water partition coefficient (Wildman–Crippen LogP) is 2.40. The highest BCUT2D eigenvalue weighted by Gasteiger charge is 2.22. The van der Waals surface area contributed by atoms with Crippen molar-refractivity contribution in [2.45, 2.75) is 44.8 Å². The molecule has 11 heteroatoms. The Labute approximate surface area is 192 Å². The van der Waals surface area contributed by atoms with Crippen molar-refractivity contribution in [2.75, 3.05) is 17.6 Å². The van der Waals surface area contributed by atoms with Crippen LogP contribution in [0.4, 0.5) is 10.3 Å². The summed E-state index contributed by atoms with van der Waals surface area (Å²) in [6.45, 7) is 3.71. The van der Waals surface area contributed by atoms with Gasteiger partial charge in [-0.25, -0.2) is 27.1 Å². The Morgan fingerprint density at radius 3 is 2.30 bits per heavy atom. The lowest BCUT2D eigenvalue weighted by molar-refractivity contribution is -0.139.